The van der Waals surface area contributed by atoms with Gasteiger partial charge in [0.1, 0.15) is 13.2 Å². The Morgan fingerprint density at radius 1 is 0.344 bits per heavy atom. The first-order chi connectivity index (χ1) is 44.1. The first kappa shape index (κ1) is 87.0. The van der Waals surface area contributed by atoms with Crippen LogP contribution in [0.1, 0.15) is 380 Å². The minimum absolute atomic E-state index is 0.179. The number of esters is 2. The number of quaternary nitrogens is 1. The molecule has 0 saturated heterocycles. The summed E-state index contributed by atoms with van der Waals surface area (Å²) in [5, 5.41) is 9.77. The second-order valence-corrected chi connectivity index (χ2v) is 27.7. The van der Waals surface area contributed by atoms with E-state index in [2.05, 4.69) is 74.6 Å². The third-order valence-corrected chi connectivity index (χ3v) is 17.5. The van der Waals surface area contributed by atoms with Crippen LogP contribution >= 0.6 is 0 Å². The number of ether oxygens (including phenoxy) is 4. The van der Waals surface area contributed by atoms with Crippen molar-refractivity contribution in [1.82, 2.24) is 0 Å². The number of carboxylic acid groups (broad SMARTS) is 1. The van der Waals surface area contributed by atoms with Crippen molar-refractivity contribution in [3.05, 3.63) is 60.8 Å². The summed E-state index contributed by atoms with van der Waals surface area (Å²) in [6.07, 6.45) is 92.3. The van der Waals surface area contributed by atoms with E-state index in [9.17, 15) is 19.5 Å². The molecule has 0 aliphatic rings. The zero-order valence-corrected chi connectivity index (χ0v) is 60.3. The predicted molar refractivity (Wildman–Crippen MR) is 387 cm³/mol. The van der Waals surface area contributed by atoms with Crippen LogP contribution in [0.5, 0.6) is 0 Å². The van der Waals surface area contributed by atoms with E-state index < -0.39 is 24.3 Å². The van der Waals surface area contributed by atoms with Crippen molar-refractivity contribution >= 4 is 17.9 Å². The van der Waals surface area contributed by atoms with Crippen LogP contribution in [0.25, 0.3) is 0 Å². The SMILES string of the molecule is CC/C=C\C/C=C\C/C=C\C/C=C\C/C=C\CCCCCCCCCCCCCCCC(=O)OC(COC(=O)CCCCCCCCCCCCCCCCCCCCCCCCCCCCCCCCCCCCCC)COC(OCC[N+](C)(C)C)C(=O)O. The zero-order chi connectivity index (χ0) is 65.4. The van der Waals surface area contributed by atoms with Crippen molar-refractivity contribution in [1.29, 1.82) is 0 Å². The fourth-order valence-electron chi connectivity index (χ4n) is 11.6. The molecule has 0 aromatic heterocycles. The highest BCUT2D eigenvalue weighted by Gasteiger charge is 2.25. The lowest BCUT2D eigenvalue weighted by molar-refractivity contribution is -0.870. The van der Waals surface area contributed by atoms with Gasteiger partial charge >= 0.3 is 17.9 Å². The molecule has 9 heteroatoms. The van der Waals surface area contributed by atoms with Gasteiger partial charge < -0.3 is 28.5 Å². The summed E-state index contributed by atoms with van der Waals surface area (Å²) in [6.45, 7) is 4.83. The number of aliphatic carboxylic acids is 1. The Labute approximate surface area is 558 Å². The van der Waals surface area contributed by atoms with E-state index >= 15 is 0 Å². The average Bonchev–Trinajstić information content (AvgIpc) is 3.74. The summed E-state index contributed by atoms with van der Waals surface area (Å²) in [7, 11) is 5.99. The summed E-state index contributed by atoms with van der Waals surface area (Å²) < 4.78 is 23.0. The van der Waals surface area contributed by atoms with Crippen LogP contribution in [-0.2, 0) is 33.3 Å². The molecule has 0 amide bonds. The summed E-state index contributed by atoms with van der Waals surface area (Å²) in [6, 6.07) is 0. The van der Waals surface area contributed by atoms with Gasteiger partial charge in [-0.05, 0) is 57.8 Å². The highest BCUT2D eigenvalue weighted by atomic mass is 16.7. The number of unbranched alkanes of at least 4 members (excludes halogenated alkanes) is 48. The molecule has 0 radical (unpaired) electrons. The number of rotatable bonds is 73. The number of hydrogen-bond donors (Lipinski definition) is 1. The van der Waals surface area contributed by atoms with E-state index in [1.165, 1.54) is 283 Å². The van der Waals surface area contributed by atoms with Crippen LogP contribution in [0.3, 0.4) is 0 Å². The maximum atomic E-state index is 13.0. The number of hydrogen-bond acceptors (Lipinski definition) is 7. The van der Waals surface area contributed by atoms with Crippen molar-refractivity contribution < 1.29 is 42.9 Å². The Hall–Kier alpha value is -3.01. The number of carbonyl (C=O) groups excluding carboxylic acids is 2. The van der Waals surface area contributed by atoms with Gasteiger partial charge in [0.05, 0.1) is 34.4 Å². The van der Waals surface area contributed by atoms with Gasteiger partial charge in [0.2, 0.25) is 0 Å². The molecule has 0 saturated carbocycles. The Morgan fingerprint density at radius 3 is 0.944 bits per heavy atom. The van der Waals surface area contributed by atoms with Crippen molar-refractivity contribution in [3.63, 3.8) is 0 Å². The molecule has 2 atom stereocenters. The van der Waals surface area contributed by atoms with E-state index in [-0.39, 0.29) is 32.2 Å². The third-order valence-electron chi connectivity index (χ3n) is 17.5. The second-order valence-electron chi connectivity index (χ2n) is 27.7. The van der Waals surface area contributed by atoms with Gasteiger partial charge in [0.25, 0.3) is 6.29 Å². The van der Waals surface area contributed by atoms with Crippen molar-refractivity contribution in [2.75, 3.05) is 47.5 Å². The molecule has 0 fully saturated rings. The smallest absolute Gasteiger partial charge is 0.361 e. The zero-order valence-electron chi connectivity index (χ0n) is 60.3. The summed E-state index contributed by atoms with van der Waals surface area (Å²) in [5.74, 6) is -1.98. The van der Waals surface area contributed by atoms with E-state index in [0.29, 0.717) is 17.4 Å². The molecular formula is C81H150NO8+. The summed E-state index contributed by atoms with van der Waals surface area (Å²) >= 11 is 0. The first-order valence-corrected chi connectivity index (χ1v) is 39.0. The quantitative estimate of drug-likeness (QED) is 0.0211. The van der Waals surface area contributed by atoms with E-state index in [0.717, 1.165) is 70.6 Å². The lowest BCUT2D eigenvalue weighted by atomic mass is 10.0. The van der Waals surface area contributed by atoms with Crippen LogP contribution in [0.15, 0.2) is 60.8 Å². The molecule has 0 rings (SSSR count). The standard InChI is InChI=1S/C81H149NO8/c1-6-8-10-12-14-16-18-20-22-24-26-28-30-32-34-36-37-38-39-40-41-42-44-45-47-49-51-53-55-57-59-61-63-65-67-69-71-78(83)88-75-77(76-89-81(80(85)86)87-74-73-82(3,4)5)90-79(84)72-70-68-66-64-62-60-58-56-54-52-50-48-46-43-35-33-31-29-27-25-23-21-19-17-15-13-11-9-7-2/h9,11,15,17,21,23,27,29,33,35,77,81H,6-8,10,12-14,16,18-20,22,24-26,28,30-32,34,36-76H2,1-5H3/p+1/b11-9-,17-15-,23-21-,29-27-,35-33-. The van der Waals surface area contributed by atoms with Gasteiger partial charge in [-0.1, -0.05) is 370 Å². The molecular weight excluding hydrogens is 1110 g/mol. The van der Waals surface area contributed by atoms with Gasteiger partial charge in [0, 0.05) is 12.8 Å². The van der Waals surface area contributed by atoms with Crippen molar-refractivity contribution in [3.8, 4) is 0 Å². The number of nitrogens with zero attached hydrogens (tertiary/aromatic N) is 1. The number of carboxylic acids is 1. The van der Waals surface area contributed by atoms with Gasteiger partial charge in [-0.3, -0.25) is 9.59 Å². The molecule has 1 N–H and O–H groups in total. The molecule has 0 bridgehead atoms. The van der Waals surface area contributed by atoms with E-state index in [1.54, 1.807) is 0 Å². The molecule has 0 aliphatic heterocycles. The van der Waals surface area contributed by atoms with Crippen molar-refractivity contribution in [2.24, 2.45) is 0 Å². The van der Waals surface area contributed by atoms with E-state index in [4.69, 9.17) is 18.9 Å². The Balaban J connectivity index is 3.99. The Kier molecular flexibility index (Phi) is 69.4. The first-order valence-electron chi connectivity index (χ1n) is 39.0. The number of carbonyl (C=O) groups is 3. The predicted octanol–water partition coefficient (Wildman–Crippen LogP) is 24.6. The normalized spacial score (nSPS) is 12.9. The molecule has 526 valence electrons. The van der Waals surface area contributed by atoms with Gasteiger partial charge in [0.15, 0.2) is 6.10 Å². The number of likely N-dealkylation sites (N-methyl/N-ethyl adjacent to an activating group) is 1. The summed E-state index contributed by atoms with van der Waals surface area (Å²) in [4.78, 5) is 37.7. The maximum absolute atomic E-state index is 13.0. The molecule has 0 spiro atoms. The van der Waals surface area contributed by atoms with E-state index in [1.807, 2.05) is 21.1 Å². The molecule has 2 unspecified atom stereocenters. The highest BCUT2D eigenvalue weighted by molar-refractivity contribution is 5.71. The molecule has 9 nitrogen and oxygen atoms in total. The number of allylic oxidation sites excluding steroid dienone is 10. The minimum Gasteiger partial charge on any atom is -0.477 e. The third kappa shape index (κ3) is 72.4. The Morgan fingerprint density at radius 2 is 0.633 bits per heavy atom. The lowest BCUT2D eigenvalue weighted by Crippen LogP contribution is -2.40. The second kappa shape index (κ2) is 71.8. The highest BCUT2D eigenvalue weighted by Crippen LogP contribution is 2.20. The van der Waals surface area contributed by atoms with Crippen LogP contribution in [0.2, 0.25) is 0 Å². The molecule has 0 aromatic carbocycles. The van der Waals surface area contributed by atoms with Crippen LogP contribution < -0.4 is 0 Å². The van der Waals surface area contributed by atoms with Gasteiger partial charge in [-0.25, -0.2) is 4.79 Å². The molecule has 0 aromatic rings. The van der Waals surface area contributed by atoms with Crippen LogP contribution in [-0.4, -0.2) is 87.4 Å². The monoisotopic (exact) mass is 1270 g/mol. The Bertz CT molecular complexity index is 1660. The topological polar surface area (TPSA) is 108 Å². The lowest BCUT2D eigenvalue weighted by Gasteiger charge is -2.25. The van der Waals surface area contributed by atoms with Crippen LogP contribution in [0.4, 0.5) is 0 Å². The fraction of sp³-hybridized carbons (Fsp3) is 0.840. The molecule has 0 aliphatic carbocycles. The molecule has 90 heavy (non-hydrogen) atoms. The molecule has 0 heterocycles. The van der Waals surface area contributed by atoms with Gasteiger partial charge in [-0.15, -0.1) is 0 Å². The average molecular weight is 1270 g/mol. The largest absolute Gasteiger partial charge is 0.477 e. The fourth-order valence-corrected chi connectivity index (χ4v) is 11.6. The van der Waals surface area contributed by atoms with Crippen LogP contribution in [0, 0.1) is 0 Å². The maximum Gasteiger partial charge on any atom is 0.361 e. The van der Waals surface area contributed by atoms with Crippen molar-refractivity contribution in [2.45, 2.75) is 392 Å². The van der Waals surface area contributed by atoms with Gasteiger partial charge in [-0.2, -0.15) is 0 Å². The minimum atomic E-state index is -1.51. The summed E-state index contributed by atoms with van der Waals surface area (Å²) in [5.41, 5.74) is 0.